The van der Waals surface area contributed by atoms with Gasteiger partial charge in [0.15, 0.2) is 11.8 Å². The topological polar surface area (TPSA) is 93.2 Å². The highest BCUT2D eigenvalue weighted by atomic mass is 35.5. The van der Waals surface area contributed by atoms with E-state index in [-0.39, 0.29) is 40.3 Å². The standard InChI is InChI=1S/C19H18ClFN4O3S/c1-29-17-22-5-4-14(23-17)16(27)25-19-8-18(9-19,10-19)24-15(26)7-28-11-2-3-12(20)13(21)6-11/h2-6H,7-10H2,1H3,(H,24,26)(H,25,27). The summed E-state index contributed by atoms with van der Waals surface area (Å²) in [5.41, 5.74) is -0.278. The average Bonchev–Trinajstić information content (AvgIpc) is 2.66. The van der Waals surface area contributed by atoms with Gasteiger partial charge in [0.25, 0.3) is 11.8 Å². The number of aromatic nitrogens is 2. The molecule has 3 aliphatic carbocycles. The zero-order chi connectivity index (χ0) is 20.6. The number of benzene rings is 1. The van der Waals surface area contributed by atoms with Crippen LogP contribution in [0.25, 0.3) is 0 Å². The molecular weight excluding hydrogens is 419 g/mol. The van der Waals surface area contributed by atoms with Crippen molar-refractivity contribution in [2.24, 2.45) is 0 Å². The van der Waals surface area contributed by atoms with Gasteiger partial charge in [-0.1, -0.05) is 23.4 Å². The van der Waals surface area contributed by atoms with Gasteiger partial charge in [0.2, 0.25) is 0 Å². The molecule has 3 saturated carbocycles. The third kappa shape index (κ3) is 4.02. The quantitative estimate of drug-likeness (QED) is 0.512. The van der Waals surface area contributed by atoms with Crippen LogP contribution in [0.5, 0.6) is 5.75 Å². The Morgan fingerprint density at radius 3 is 2.66 bits per heavy atom. The lowest BCUT2D eigenvalue weighted by atomic mass is 9.44. The summed E-state index contributed by atoms with van der Waals surface area (Å²) in [6.07, 6.45) is 5.39. The maximum atomic E-state index is 13.4. The summed E-state index contributed by atoms with van der Waals surface area (Å²) in [6.45, 7) is -0.222. The molecule has 0 saturated heterocycles. The van der Waals surface area contributed by atoms with Crippen LogP contribution in [0.4, 0.5) is 4.39 Å². The summed E-state index contributed by atoms with van der Waals surface area (Å²) in [4.78, 5) is 32.8. The van der Waals surface area contributed by atoms with E-state index in [1.165, 1.54) is 23.9 Å². The van der Waals surface area contributed by atoms with E-state index in [1.807, 2.05) is 6.26 Å². The van der Waals surface area contributed by atoms with E-state index in [0.29, 0.717) is 30.1 Å². The third-order valence-electron chi connectivity index (χ3n) is 5.12. The van der Waals surface area contributed by atoms with Crippen molar-refractivity contribution in [1.82, 2.24) is 20.6 Å². The van der Waals surface area contributed by atoms with Crippen molar-refractivity contribution in [2.75, 3.05) is 12.9 Å². The zero-order valence-corrected chi connectivity index (χ0v) is 17.1. The number of rotatable bonds is 7. The minimum atomic E-state index is -0.602. The number of thioether (sulfide) groups is 1. The van der Waals surface area contributed by atoms with Crippen LogP contribution < -0.4 is 15.4 Å². The van der Waals surface area contributed by atoms with Crippen molar-refractivity contribution >= 4 is 35.2 Å². The summed E-state index contributed by atoms with van der Waals surface area (Å²) < 4.78 is 18.7. The molecule has 5 rings (SSSR count). The van der Waals surface area contributed by atoms with Crippen LogP contribution in [0.15, 0.2) is 35.6 Å². The van der Waals surface area contributed by atoms with Crippen LogP contribution in [0.2, 0.25) is 5.02 Å². The Morgan fingerprint density at radius 1 is 1.24 bits per heavy atom. The Bertz CT molecular complexity index is 970. The summed E-state index contributed by atoms with van der Waals surface area (Å²) in [5.74, 6) is -0.899. The van der Waals surface area contributed by atoms with Crippen molar-refractivity contribution in [3.63, 3.8) is 0 Å². The molecule has 0 radical (unpaired) electrons. The van der Waals surface area contributed by atoms with Crippen LogP contribution >= 0.6 is 23.4 Å². The molecule has 0 spiro atoms. The number of nitrogens with one attached hydrogen (secondary N) is 2. The van der Waals surface area contributed by atoms with Gasteiger partial charge in [-0.2, -0.15) is 0 Å². The molecule has 152 valence electrons. The zero-order valence-electron chi connectivity index (χ0n) is 15.5. The first kappa shape index (κ1) is 19.9. The molecule has 2 aromatic rings. The molecule has 3 fully saturated rings. The third-order valence-corrected chi connectivity index (χ3v) is 5.99. The molecule has 1 heterocycles. The largest absolute Gasteiger partial charge is 0.484 e. The lowest BCUT2D eigenvalue weighted by Crippen LogP contribution is -2.84. The van der Waals surface area contributed by atoms with E-state index in [9.17, 15) is 14.0 Å². The molecule has 7 nitrogen and oxygen atoms in total. The van der Waals surface area contributed by atoms with Crippen molar-refractivity contribution in [2.45, 2.75) is 35.5 Å². The first-order valence-electron chi connectivity index (χ1n) is 8.91. The lowest BCUT2D eigenvalue weighted by molar-refractivity contribution is -0.141. The van der Waals surface area contributed by atoms with Crippen molar-refractivity contribution in [1.29, 1.82) is 0 Å². The van der Waals surface area contributed by atoms with Gasteiger partial charge in [0.05, 0.1) is 5.02 Å². The fourth-order valence-electron chi connectivity index (χ4n) is 3.97. The number of halogens is 2. The number of hydrogen-bond acceptors (Lipinski definition) is 6. The van der Waals surface area contributed by atoms with Gasteiger partial charge in [-0.05, 0) is 43.7 Å². The van der Waals surface area contributed by atoms with E-state index in [4.69, 9.17) is 16.3 Å². The summed E-state index contributed by atoms with van der Waals surface area (Å²) in [7, 11) is 0. The fourth-order valence-corrected chi connectivity index (χ4v) is 4.44. The van der Waals surface area contributed by atoms with Crippen LogP contribution in [0.3, 0.4) is 0 Å². The normalized spacial score (nSPS) is 24.1. The predicted octanol–water partition coefficient (Wildman–Crippen LogP) is 2.59. The number of ether oxygens (including phenoxy) is 1. The fraction of sp³-hybridized carbons (Fsp3) is 0.368. The van der Waals surface area contributed by atoms with Gasteiger partial charge in [-0.25, -0.2) is 14.4 Å². The Labute approximate surface area is 175 Å². The van der Waals surface area contributed by atoms with E-state index < -0.39 is 5.82 Å². The second-order valence-electron chi connectivity index (χ2n) is 7.39. The highest BCUT2D eigenvalue weighted by Crippen LogP contribution is 2.60. The van der Waals surface area contributed by atoms with E-state index in [2.05, 4.69) is 20.6 Å². The predicted molar refractivity (Wildman–Crippen MR) is 106 cm³/mol. The Morgan fingerprint density at radius 2 is 1.97 bits per heavy atom. The number of carbonyl (C=O) groups excluding carboxylic acids is 2. The molecule has 10 heteroatoms. The van der Waals surface area contributed by atoms with Crippen molar-refractivity contribution < 1.29 is 18.7 Å². The smallest absolute Gasteiger partial charge is 0.270 e. The molecule has 2 N–H and O–H groups in total. The minimum absolute atomic E-state index is 0.00495. The molecular formula is C19H18ClFN4O3S. The maximum absolute atomic E-state index is 13.4. The van der Waals surface area contributed by atoms with Crippen LogP contribution in [0.1, 0.15) is 29.8 Å². The first-order chi connectivity index (χ1) is 13.8. The molecule has 1 aromatic heterocycles. The average molecular weight is 437 g/mol. The molecule has 1 aromatic carbocycles. The molecule has 0 atom stereocenters. The van der Waals surface area contributed by atoms with Gasteiger partial charge >= 0.3 is 0 Å². The SMILES string of the molecule is CSc1nccc(C(=O)NC23CC(NC(=O)COc4ccc(Cl)c(F)c4)(C2)C3)n1. The van der Waals surface area contributed by atoms with Crippen LogP contribution in [0, 0.1) is 5.82 Å². The molecule has 0 unspecified atom stereocenters. The van der Waals surface area contributed by atoms with Gasteiger partial charge < -0.3 is 15.4 Å². The summed E-state index contributed by atoms with van der Waals surface area (Å²) in [6, 6.07) is 5.59. The first-order valence-corrected chi connectivity index (χ1v) is 10.5. The Kier molecular flexibility index (Phi) is 5.12. The van der Waals surface area contributed by atoms with Gasteiger partial charge in [-0.3, -0.25) is 9.59 Å². The number of carbonyl (C=O) groups is 2. The monoisotopic (exact) mass is 436 g/mol. The summed E-state index contributed by atoms with van der Waals surface area (Å²) in [5, 5.41) is 6.50. The summed E-state index contributed by atoms with van der Waals surface area (Å²) >= 11 is 6.99. The highest BCUT2D eigenvalue weighted by Gasteiger charge is 2.69. The van der Waals surface area contributed by atoms with E-state index in [1.54, 1.807) is 12.3 Å². The molecule has 3 aliphatic rings. The van der Waals surface area contributed by atoms with Gasteiger partial charge in [0, 0.05) is 23.3 Å². The lowest BCUT2D eigenvalue weighted by Gasteiger charge is -2.70. The molecule has 2 bridgehead atoms. The Hall–Kier alpha value is -2.39. The molecule has 0 aliphatic heterocycles. The number of nitrogens with zero attached hydrogens (tertiary/aromatic N) is 2. The van der Waals surface area contributed by atoms with E-state index >= 15 is 0 Å². The number of amides is 2. The van der Waals surface area contributed by atoms with Crippen molar-refractivity contribution in [3.8, 4) is 5.75 Å². The Balaban J connectivity index is 1.24. The van der Waals surface area contributed by atoms with Gasteiger partial charge in [-0.15, -0.1) is 0 Å². The highest BCUT2D eigenvalue weighted by molar-refractivity contribution is 7.98. The minimum Gasteiger partial charge on any atom is -0.484 e. The number of hydrogen-bond donors (Lipinski definition) is 2. The second-order valence-corrected chi connectivity index (χ2v) is 8.57. The van der Waals surface area contributed by atoms with E-state index in [0.717, 1.165) is 6.07 Å². The van der Waals surface area contributed by atoms with Gasteiger partial charge in [0.1, 0.15) is 17.3 Å². The van der Waals surface area contributed by atoms with Crippen molar-refractivity contribution in [3.05, 3.63) is 47.0 Å². The molecule has 2 amide bonds. The van der Waals surface area contributed by atoms with Crippen LogP contribution in [-0.2, 0) is 4.79 Å². The van der Waals surface area contributed by atoms with Crippen LogP contribution in [-0.4, -0.2) is 45.7 Å². The second kappa shape index (κ2) is 7.46. The maximum Gasteiger partial charge on any atom is 0.270 e. The molecule has 29 heavy (non-hydrogen) atoms.